The Kier molecular flexibility index (Phi) is 5.36. The molecule has 0 aromatic carbocycles. The highest BCUT2D eigenvalue weighted by Crippen LogP contribution is 2.42. The second kappa shape index (κ2) is 6.35. The van der Waals surface area contributed by atoms with Gasteiger partial charge >= 0.3 is 0 Å². The molecule has 1 saturated carbocycles. The largest absolute Gasteiger partial charge is 0.369 e. The van der Waals surface area contributed by atoms with Gasteiger partial charge in [0.2, 0.25) is 5.91 Å². The minimum Gasteiger partial charge on any atom is -0.369 e. The van der Waals surface area contributed by atoms with Crippen molar-refractivity contribution < 1.29 is 9.59 Å². The van der Waals surface area contributed by atoms with E-state index in [4.69, 9.17) is 5.73 Å². The molecule has 0 aromatic heterocycles. The molecule has 3 nitrogen and oxygen atoms in total. The van der Waals surface area contributed by atoms with Crippen molar-refractivity contribution in [2.75, 3.05) is 0 Å². The van der Waals surface area contributed by atoms with Gasteiger partial charge in [0.15, 0.2) is 0 Å². The summed E-state index contributed by atoms with van der Waals surface area (Å²) in [6.07, 6.45) is 6.03. The van der Waals surface area contributed by atoms with Crippen molar-refractivity contribution in [3.63, 3.8) is 0 Å². The van der Waals surface area contributed by atoms with Crippen LogP contribution in [-0.2, 0) is 9.59 Å². The van der Waals surface area contributed by atoms with Crippen molar-refractivity contribution >= 4 is 11.7 Å². The van der Waals surface area contributed by atoms with Crippen LogP contribution in [0, 0.1) is 17.3 Å². The molecule has 0 aromatic rings. The Morgan fingerprint density at radius 1 is 1.50 bits per heavy atom. The monoisotopic (exact) mass is 253 g/mol. The van der Waals surface area contributed by atoms with E-state index in [1.54, 1.807) is 0 Å². The normalized spacial score (nSPS) is 30.8. The number of primary amides is 1. The fourth-order valence-corrected chi connectivity index (χ4v) is 3.62. The number of carbonyl (C=O) groups excluding carboxylic acids is 2. The summed E-state index contributed by atoms with van der Waals surface area (Å²) in [5.41, 5.74) is 5.57. The topological polar surface area (TPSA) is 60.2 Å². The number of nitrogens with two attached hydrogens (primary N) is 1. The molecular formula is C15H27NO2. The molecule has 104 valence electrons. The number of hydrogen-bond acceptors (Lipinski definition) is 2. The van der Waals surface area contributed by atoms with E-state index >= 15 is 0 Å². The minimum absolute atomic E-state index is 0.0629. The summed E-state index contributed by atoms with van der Waals surface area (Å²) in [5.74, 6) is 0.381. The molecule has 2 unspecified atom stereocenters. The fourth-order valence-electron chi connectivity index (χ4n) is 3.62. The summed E-state index contributed by atoms with van der Waals surface area (Å²) in [5, 5.41) is 0. The number of Topliss-reactive ketones (excluding diaryl/α,β-unsaturated/α-hetero) is 1. The zero-order valence-corrected chi connectivity index (χ0v) is 12.0. The molecule has 0 saturated heterocycles. The Morgan fingerprint density at radius 2 is 2.17 bits per heavy atom. The lowest BCUT2D eigenvalue weighted by Crippen LogP contribution is -2.32. The molecule has 1 rings (SSSR count). The molecule has 3 heteroatoms. The van der Waals surface area contributed by atoms with Crippen LogP contribution in [0.4, 0.5) is 0 Å². The van der Waals surface area contributed by atoms with Gasteiger partial charge in [-0.3, -0.25) is 9.59 Å². The molecule has 1 aliphatic rings. The highest BCUT2D eigenvalue weighted by atomic mass is 16.1. The van der Waals surface area contributed by atoms with Crippen LogP contribution in [0.5, 0.6) is 0 Å². The second-order valence-corrected chi connectivity index (χ2v) is 6.20. The number of rotatable bonds is 5. The Balaban J connectivity index is 2.86. The van der Waals surface area contributed by atoms with E-state index in [9.17, 15) is 9.59 Å². The van der Waals surface area contributed by atoms with Crippen LogP contribution in [-0.4, -0.2) is 11.7 Å². The first kappa shape index (κ1) is 15.2. The molecule has 3 atom stereocenters. The third kappa shape index (κ3) is 3.82. The molecule has 1 fully saturated rings. The van der Waals surface area contributed by atoms with Crippen molar-refractivity contribution in [1.29, 1.82) is 0 Å². The van der Waals surface area contributed by atoms with Crippen molar-refractivity contribution in [3.8, 4) is 0 Å². The molecule has 0 bridgehead atoms. The van der Waals surface area contributed by atoms with E-state index < -0.39 is 0 Å². The van der Waals surface area contributed by atoms with Crippen molar-refractivity contribution in [3.05, 3.63) is 0 Å². The fraction of sp³-hybridized carbons (Fsp3) is 0.867. The molecule has 1 amide bonds. The lowest BCUT2D eigenvalue weighted by Gasteiger charge is -2.32. The SMILES string of the molecule is CCCC1(C)CC(=O)CCC([C@@H](CC)C(N)=O)C1. The maximum atomic E-state index is 11.9. The molecule has 18 heavy (non-hydrogen) atoms. The van der Waals surface area contributed by atoms with Gasteiger partial charge in [-0.2, -0.15) is 0 Å². The van der Waals surface area contributed by atoms with Crippen LogP contribution in [0.2, 0.25) is 0 Å². The minimum atomic E-state index is -0.198. The quantitative estimate of drug-likeness (QED) is 0.765. The number of carbonyl (C=O) groups is 2. The summed E-state index contributed by atoms with van der Waals surface area (Å²) in [4.78, 5) is 23.4. The second-order valence-electron chi connectivity index (χ2n) is 6.20. The third-order valence-electron chi connectivity index (χ3n) is 4.40. The van der Waals surface area contributed by atoms with E-state index in [0.717, 1.165) is 32.1 Å². The predicted molar refractivity (Wildman–Crippen MR) is 73.0 cm³/mol. The molecule has 1 aliphatic carbocycles. The number of hydrogen-bond donors (Lipinski definition) is 1. The van der Waals surface area contributed by atoms with Gasteiger partial charge in [-0.25, -0.2) is 0 Å². The molecule has 0 spiro atoms. The van der Waals surface area contributed by atoms with E-state index in [0.29, 0.717) is 18.6 Å². The first-order valence-electron chi connectivity index (χ1n) is 7.23. The van der Waals surface area contributed by atoms with E-state index in [2.05, 4.69) is 13.8 Å². The maximum absolute atomic E-state index is 11.9. The van der Waals surface area contributed by atoms with Gasteiger partial charge in [0.25, 0.3) is 0 Å². The Morgan fingerprint density at radius 3 is 2.67 bits per heavy atom. The maximum Gasteiger partial charge on any atom is 0.220 e. The first-order valence-corrected chi connectivity index (χ1v) is 7.23. The summed E-state index contributed by atoms with van der Waals surface area (Å²) < 4.78 is 0. The van der Waals surface area contributed by atoms with Crippen LogP contribution < -0.4 is 5.73 Å². The van der Waals surface area contributed by atoms with Gasteiger partial charge in [-0.05, 0) is 37.0 Å². The van der Waals surface area contributed by atoms with E-state index in [1.165, 1.54) is 0 Å². The average molecular weight is 253 g/mol. The lowest BCUT2D eigenvalue weighted by molar-refractivity contribution is -0.124. The highest BCUT2D eigenvalue weighted by Gasteiger charge is 2.37. The number of ketones is 1. The smallest absolute Gasteiger partial charge is 0.220 e. The summed E-state index contributed by atoms with van der Waals surface area (Å²) in [6.45, 7) is 6.36. The average Bonchev–Trinajstić information content (AvgIpc) is 2.39. The Bertz CT molecular complexity index is 314. The summed E-state index contributed by atoms with van der Waals surface area (Å²) in [7, 11) is 0. The first-order chi connectivity index (χ1) is 8.41. The molecule has 0 heterocycles. The van der Waals surface area contributed by atoms with Gasteiger partial charge in [-0.15, -0.1) is 0 Å². The molecule has 0 aliphatic heterocycles. The van der Waals surface area contributed by atoms with Crippen molar-refractivity contribution in [2.45, 2.75) is 65.7 Å². The predicted octanol–water partition coefficient (Wildman–Crippen LogP) is 3.06. The molecule has 0 radical (unpaired) electrons. The van der Waals surface area contributed by atoms with Crippen LogP contribution in [0.3, 0.4) is 0 Å². The summed E-state index contributed by atoms with van der Waals surface area (Å²) >= 11 is 0. The highest BCUT2D eigenvalue weighted by molar-refractivity contribution is 5.80. The Labute approximate surface area is 111 Å². The standard InChI is InChI=1S/C15H27NO2/c1-4-8-15(3)9-11(6-7-12(17)10-15)13(5-2)14(16)18/h11,13H,4-10H2,1-3H3,(H2,16,18)/t11?,13-,15?/m1/s1. The van der Waals surface area contributed by atoms with Gasteiger partial charge in [0, 0.05) is 18.8 Å². The third-order valence-corrected chi connectivity index (χ3v) is 4.40. The molecule has 2 N–H and O–H groups in total. The van der Waals surface area contributed by atoms with Crippen molar-refractivity contribution in [2.24, 2.45) is 23.0 Å². The van der Waals surface area contributed by atoms with Gasteiger partial charge in [-0.1, -0.05) is 27.2 Å². The lowest BCUT2D eigenvalue weighted by atomic mass is 9.72. The number of amides is 1. The van der Waals surface area contributed by atoms with Crippen LogP contribution in [0.25, 0.3) is 0 Å². The van der Waals surface area contributed by atoms with Gasteiger partial charge in [0.05, 0.1) is 0 Å². The zero-order valence-electron chi connectivity index (χ0n) is 12.0. The zero-order chi connectivity index (χ0) is 13.8. The van der Waals surface area contributed by atoms with Gasteiger partial charge < -0.3 is 5.73 Å². The van der Waals surface area contributed by atoms with Crippen LogP contribution >= 0.6 is 0 Å². The van der Waals surface area contributed by atoms with Crippen LogP contribution in [0.15, 0.2) is 0 Å². The van der Waals surface area contributed by atoms with Crippen molar-refractivity contribution in [1.82, 2.24) is 0 Å². The van der Waals surface area contributed by atoms with Gasteiger partial charge in [0.1, 0.15) is 5.78 Å². The van der Waals surface area contributed by atoms with E-state index in [-0.39, 0.29) is 23.2 Å². The molecular weight excluding hydrogens is 226 g/mol. The Hall–Kier alpha value is -0.860. The van der Waals surface area contributed by atoms with E-state index in [1.807, 2.05) is 6.92 Å². The summed E-state index contributed by atoms with van der Waals surface area (Å²) in [6, 6.07) is 0. The van der Waals surface area contributed by atoms with Crippen LogP contribution in [0.1, 0.15) is 65.7 Å².